The predicted octanol–water partition coefficient (Wildman–Crippen LogP) is 5.75. The molecule has 2 aromatic carbocycles. The Hall–Kier alpha value is -0.700. The van der Waals surface area contributed by atoms with Gasteiger partial charge in [-0.3, -0.25) is 0 Å². The van der Waals surface area contributed by atoms with Crippen LogP contribution in [0.2, 0.25) is 5.02 Å². The molecule has 0 saturated carbocycles. The topological polar surface area (TPSA) is 9.23 Å². The molecule has 0 bridgehead atoms. The minimum absolute atomic E-state index is 0.272. The average Bonchev–Trinajstić information content (AvgIpc) is 2.37. The highest BCUT2D eigenvalue weighted by Gasteiger charge is 2.16. The molecule has 0 radical (unpaired) electrons. The maximum Gasteiger partial charge on any atom is 0.119 e. The van der Waals surface area contributed by atoms with Crippen molar-refractivity contribution in [2.24, 2.45) is 0 Å². The first-order valence-electron chi connectivity index (χ1n) is 5.76. The van der Waals surface area contributed by atoms with Gasteiger partial charge in [-0.2, -0.15) is 0 Å². The molecule has 0 saturated heterocycles. The van der Waals surface area contributed by atoms with E-state index < -0.39 is 0 Å². The fourth-order valence-electron chi connectivity index (χ4n) is 1.93. The van der Waals surface area contributed by atoms with E-state index in [2.05, 4.69) is 15.9 Å². The lowest BCUT2D eigenvalue weighted by Crippen LogP contribution is -1.98. The number of hydrogen-bond donors (Lipinski definition) is 0. The number of halogens is 3. The number of alkyl halides is 1. The minimum Gasteiger partial charge on any atom is -0.497 e. The lowest BCUT2D eigenvalue weighted by Gasteiger charge is -2.15. The van der Waals surface area contributed by atoms with Crippen molar-refractivity contribution in [1.29, 1.82) is 0 Å². The van der Waals surface area contributed by atoms with Crippen LogP contribution < -0.4 is 4.74 Å². The molecule has 0 aliphatic rings. The molecule has 0 aromatic heterocycles. The third-order valence-electron chi connectivity index (χ3n) is 2.99. The Kier molecular flexibility index (Phi) is 4.77. The predicted molar refractivity (Wildman–Crippen MR) is 84.6 cm³/mol. The highest BCUT2D eigenvalue weighted by molar-refractivity contribution is 9.10. The molecule has 19 heavy (non-hydrogen) atoms. The fourth-order valence-corrected chi connectivity index (χ4v) is 3.21. The van der Waals surface area contributed by atoms with Crippen LogP contribution in [0.4, 0.5) is 0 Å². The Labute approximate surface area is 131 Å². The number of benzene rings is 2. The van der Waals surface area contributed by atoms with Gasteiger partial charge in [0.1, 0.15) is 5.75 Å². The first kappa shape index (κ1) is 14.7. The Morgan fingerprint density at radius 1 is 1.11 bits per heavy atom. The fraction of sp³-hybridized carbons (Fsp3) is 0.200. The smallest absolute Gasteiger partial charge is 0.119 e. The van der Waals surface area contributed by atoms with Gasteiger partial charge in [-0.25, -0.2) is 0 Å². The van der Waals surface area contributed by atoms with Gasteiger partial charge in [0.25, 0.3) is 0 Å². The Balaban J connectivity index is 2.41. The summed E-state index contributed by atoms with van der Waals surface area (Å²) in [5, 5.41) is 0.385. The van der Waals surface area contributed by atoms with E-state index in [9.17, 15) is 0 Å². The van der Waals surface area contributed by atoms with Crippen molar-refractivity contribution in [2.45, 2.75) is 12.3 Å². The minimum atomic E-state index is -0.272. The molecule has 100 valence electrons. The zero-order chi connectivity index (χ0) is 14.0. The molecule has 4 heteroatoms. The average molecular weight is 360 g/mol. The third kappa shape index (κ3) is 3.25. The second kappa shape index (κ2) is 6.17. The van der Waals surface area contributed by atoms with Crippen LogP contribution >= 0.6 is 39.1 Å². The molecule has 0 spiro atoms. The molecule has 0 heterocycles. The van der Waals surface area contributed by atoms with Crippen LogP contribution in [-0.2, 0) is 0 Å². The molecule has 1 nitrogen and oxygen atoms in total. The van der Waals surface area contributed by atoms with E-state index in [1.807, 2.05) is 43.3 Å². The molecular formula is C15H13BrCl2O. The van der Waals surface area contributed by atoms with E-state index in [1.54, 1.807) is 7.11 Å². The third-order valence-corrected chi connectivity index (χ3v) is 4.28. The maximum absolute atomic E-state index is 6.55. The summed E-state index contributed by atoms with van der Waals surface area (Å²) in [6.07, 6.45) is 0. The molecule has 1 atom stereocenters. The van der Waals surface area contributed by atoms with Crippen molar-refractivity contribution in [3.63, 3.8) is 0 Å². The summed E-state index contributed by atoms with van der Waals surface area (Å²) >= 11 is 16.2. The lowest BCUT2D eigenvalue weighted by molar-refractivity contribution is 0.414. The molecule has 1 unspecified atom stereocenters. The Morgan fingerprint density at radius 3 is 2.37 bits per heavy atom. The summed E-state index contributed by atoms with van der Waals surface area (Å²) in [4.78, 5) is 0. The summed E-state index contributed by atoms with van der Waals surface area (Å²) in [6.45, 7) is 2.01. The van der Waals surface area contributed by atoms with Crippen LogP contribution in [0.25, 0.3) is 0 Å². The second-order valence-corrected chi connectivity index (χ2v) is 6.01. The molecule has 0 amide bonds. The normalized spacial score (nSPS) is 12.3. The van der Waals surface area contributed by atoms with Crippen molar-refractivity contribution < 1.29 is 4.74 Å². The first-order valence-corrected chi connectivity index (χ1v) is 7.37. The van der Waals surface area contributed by atoms with Crippen LogP contribution in [-0.4, -0.2) is 7.11 Å². The first-order chi connectivity index (χ1) is 9.02. The molecule has 0 N–H and O–H groups in total. The van der Waals surface area contributed by atoms with Crippen molar-refractivity contribution in [1.82, 2.24) is 0 Å². The largest absolute Gasteiger partial charge is 0.497 e. The summed E-state index contributed by atoms with van der Waals surface area (Å²) in [5.74, 6) is 0.826. The number of hydrogen-bond acceptors (Lipinski definition) is 1. The maximum atomic E-state index is 6.55. The van der Waals surface area contributed by atoms with Crippen LogP contribution in [0.15, 0.2) is 40.9 Å². The van der Waals surface area contributed by atoms with Crippen LogP contribution in [0.3, 0.4) is 0 Å². The summed E-state index contributed by atoms with van der Waals surface area (Å²) < 4.78 is 6.14. The van der Waals surface area contributed by atoms with Crippen molar-refractivity contribution in [3.05, 3.63) is 62.6 Å². The van der Waals surface area contributed by atoms with Crippen LogP contribution in [0.5, 0.6) is 5.75 Å². The van der Waals surface area contributed by atoms with Crippen LogP contribution in [0.1, 0.15) is 22.1 Å². The van der Waals surface area contributed by atoms with Gasteiger partial charge in [0, 0.05) is 9.50 Å². The van der Waals surface area contributed by atoms with E-state index in [0.29, 0.717) is 5.02 Å². The molecule has 2 aromatic rings. The van der Waals surface area contributed by atoms with Crippen molar-refractivity contribution in [3.8, 4) is 5.75 Å². The number of aryl methyl sites for hydroxylation is 1. The summed E-state index contributed by atoms with van der Waals surface area (Å²) in [7, 11) is 1.65. The Morgan fingerprint density at radius 2 is 1.79 bits per heavy atom. The highest BCUT2D eigenvalue weighted by atomic mass is 79.9. The number of methoxy groups -OCH3 is 1. The van der Waals surface area contributed by atoms with Gasteiger partial charge in [-0.05, 0) is 47.9 Å². The quantitative estimate of drug-likeness (QED) is 0.634. The number of ether oxygens (including phenoxy) is 1. The molecule has 2 rings (SSSR count). The van der Waals surface area contributed by atoms with Gasteiger partial charge in [0.15, 0.2) is 0 Å². The van der Waals surface area contributed by atoms with E-state index >= 15 is 0 Å². The van der Waals surface area contributed by atoms with Crippen molar-refractivity contribution in [2.75, 3.05) is 7.11 Å². The van der Waals surface area contributed by atoms with Gasteiger partial charge >= 0.3 is 0 Å². The molecule has 0 aliphatic carbocycles. The molecule has 0 fully saturated rings. The summed E-state index contributed by atoms with van der Waals surface area (Å²) in [5.41, 5.74) is 3.02. The number of rotatable bonds is 3. The monoisotopic (exact) mass is 358 g/mol. The van der Waals surface area contributed by atoms with Gasteiger partial charge in [0.2, 0.25) is 0 Å². The van der Waals surface area contributed by atoms with Gasteiger partial charge in [-0.15, -0.1) is 11.6 Å². The molecule has 0 aliphatic heterocycles. The lowest BCUT2D eigenvalue weighted by atomic mass is 10.00. The molecular weight excluding hydrogens is 347 g/mol. The second-order valence-electron chi connectivity index (χ2n) is 4.25. The van der Waals surface area contributed by atoms with Gasteiger partial charge in [-0.1, -0.05) is 39.7 Å². The van der Waals surface area contributed by atoms with Gasteiger partial charge < -0.3 is 4.74 Å². The zero-order valence-corrected chi connectivity index (χ0v) is 13.7. The van der Waals surface area contributed by atoms with E-state index in [0.717, 1.165) is 26.9 Å². The zero-order valence-electron chi connectivity index (χ0n) is 10.6. The van der Waals surface area contributed by atoms with Crippen molar-refractivity contribution >= 4 is 39.1 Å². The SMILES string of the molecule is COc1ccc(C(Cl)c2ccc(Br)cc2Cl)c(C)c1. The summed E-state index contributed by atoms with van der Waals surface area (Å²) in [6, 6.07) is 11.6. The Bertz CT molecular complexity index is 599. The van der Waals surface area contributed by atoms with Crippen LogP contribution in [0, 0.1) is 6.92 Å². The van der Waals surface area contributed by atoms with Gasteiger partial charge in [0.05, 0.1) is 12.5 Å². The standard InChI is InChI=1S/C15H13BrCl2O/c1-9-7-11(19-2)4-6-12(9)15(18)13-5-3-10(16)8-14(13)17/h3-8,15H,1-2H3. The van der Waals surface area contributed by atoms with E-state index in [1.165, 1.54) is 0 Å². The van der Waals surface area contributed by atoms with E-state index in [4.69, 9.17) is 27.9 Å². The van der Waals surface area contributed by atoms with E-state index in [-0.39, 0.29) is 5.38 Å². The highest BCUT2D eigenvalue weighted by Crippen LogP contribution is 2.37.